The van der Waals surface area contributed by atoms with Gasteiger partial charge in [-0.2, -0.15) is 0 Å². The molecule has 0 N–H and O–H groups in total. The lowest BCUT2D eigenvalue weighted by atomic mass is 9.72. The van der Waals surface area contributed by atoms with E-state index in [2.05, 4.69) is 49.3 Å². The fourth-order valence-corrected chi connectivity index (χ4v) is 3.28. The van der Waals surface area contributed by atoms with Crippen LogP contribution in [0.4, 0.5) is 5.69 Å². The minimum Gasteiger partial charge on any atom is -0.377 e. The number of fused-ring (bicyclic) bond motifs is 4. The highest BCUT2D eigenvalue weighted by Crippen LogP contribution is 2.44. The van der Waals surface area contributed by atoms with Crippen LogP contribution in [-0.2, 0) is 6.42 Å². The summed E-state index contributed by atoms with van der Waals surface area (Å²) in [5.41, 5.74) is 4.63. The molecule has 0 spiro atoms. The van der Waals surface area contributed by atoms with Crippen LogP contribution in [0.15, 0.2) is 30.4 Å². The zero-order chi connectivity index (χ0) is 11.1. The summed E-state index contributed by atoms with van der Waals surface area (Å²) in [6.45, 7) is 0. The van der Waals surface area contributed by atoms with Crippen molar-refractivity contribution in [1.29, 1.82) is 0 Å². The number of nitrogens with zero attached hydrogens (tertiary/aromatic N) is 1. The van der Waals surface area contributed by atoms with E-state index in [0.29, 0.717) is 0 Å². The minimum absolute atomic E-state index is 0. The summed E-state index contributed by atoms with van der Waals surface area (Å²) >= 11 is 0. The monoisotopic (exact) mass is 249 g/mol. The van der Waals surface area contributed by atoms with Crippen molar-refractivity contribution in [2.75, 3.05) is 19.0 Å². The van der Waals surface area contributed by atoms with Crippen molar-refractivity contribution in [2.45, 2.75) is 25.2 Å². The van der Waals surface area contributed by atoms with Gasteiger partial charge in [-0.25, -0.2) is 0 Å². The van der Waals surface area contributed by atoms with Gasteiger partial charge in [0.25, 0.3) is 0 Å². The van der Waals surface area contributed by atoms with E-state index in [1.807, 2.05) is 0 Å². The lowest BCUT2D eigenvalue weighted by molar-refractivity contribution is 0.449. The predicted molar refractivity (Wildman–Crippen MR) is 76.3 cm³/mol. The van der Waals surface area contributed by atoms with Crippen LogP contribution in [0.25, 0.3) is 0 Å². The molecule has 1 nitrogen and oxygen atoms in total. The highest BCUT2D eigenvalue weighted by atomic mass is 35.5. The highest BCUT2D eigenvalue weighted by molar-refractivity contribution is 5.85. The van der Waals surface area contributed by atoms with Crippen molar-refractivity contribution in [3.05, 3.63) is 41.5 Å². The molecule has 2 atom stereocenters. The van der Waals surface area contributed by atoms with Gasteiger partial charge >= 0.3 is 0 Å². The number of benzene rings is 1. The fourth-order valence-electron chi connectivity index (χ4n) is 3.28. The molecule has 0 saturated heterocycles. The number of halogens is 1. The minimum atomic E-state index is 0. The molecule has 92 valence electrons. The Hall–Kier alpha value is -0.950. The van der Waals surface area contributed by atoms with E-state index in [1.54, 1.807) is 11.1 Å². The molecule has 1 aromatic carbocycles. The quantitative estimate of drug-likeness (QED) is 0.685. The van der Waals surface area contributed by atoms with Gasteiger partial charge in [-0.1, -0.05) is 24.3 Å². The van der Waals surface area contributed by atoms with E-state index in [9.17, 15) is 0 Å². The molecule has 0 amide bonds. The predicted octanol–water partition coefficient (Wildman–Crippen LogP) is 3.78. The van der Waals surface area contributed by atoms with Gasteiger partial charge in [0.15, 0.2) is 0 Å². The average Bonchev–Trinajstić information content (AvgIpc) is 2.28. The Morgan fingerprint density at radius 3 is 2.82 bits per heavy atom. The summed E-state index contributed by atoms with van der Waals surface area (Å²) in [4.78, 5) is 2.26. The van der Waals surface area contributed by atoms with Crippen molar-refractivity contribution < 1.29 is 0 Å². The first-order chi connectivity index (χ1) is 7.75. The molecule has 0 aromatic heterocycles. The number of rotatable bonds is 1. The normalized spacial score (nSPS) is 24.8. The van der Waals surface area contributed by atoms with Crippen LogP contribution in [0.3, 0.4) is 0 Å². The second-order valence-electron chi connectivity index (χ2n) is 5.31. The molecular formula is C15H20ClN. The number of anilines is 1. The molecule has 0 saturated carbocycles. The maximum Gasteiger partial charge on any atom is 0.0399 e. The zero-order valence-corrected chi connectivity index (χ0v) is 11.3. The Morgan fingerprint density at radius 2 is 2.06 bits per heavy atom. The van der Waals surface area contributed by atoms with E-state index in [1.165, 1.54) is 24.9 Å². The number of hydrogen-bond donors (Lipinski definition) is 0. The second-order valence-corrected chi connectivity index (χ2v) is 5.31. The van der Waals surface area contributed by atoms with Gasteiger partial charge in [-0.15, -0.1) is 12.4 Å². The van der Waals surface area contributed by atoms with Crippen LogP contribution >= 0.6 is 12.4 Å². The van der Waals surface area contributed by atoms with Gasteiger partial charge in [0.05, 0.1) is 0 Å². The first-order valence-electron chi connectivity index (χ1n) is 6.21. The fraction of sp³-hybridized carbons (Fsp3) is 0.467. The number of hydrogen-bond acceptors (Lipinski definition) is 1. The van der Waals surface area contributed by atoms with Crippen molar-refractivity contribution >= 4 is 18.1 Å². The average molecular weight is 250 g/mol. The maximum absolute atomic E-state index is 2.42. The largest absolute Gasteiger partial charge is 0.377 e. The second kappa shape index (κ2) is 4.73. The number of allylic oxidation sites excluding steroid dienone is 2. The smallest absolute Gasteiger partial charge is 0.0399 e. The van der Waals surface area contributed by atoms with Gasteiger partial charge in [-0.3, -0.25) is 0 Å². The van der Waals surface area contributed by atoms with Gasteiger partial charge in [0, 0.05) is 19.8 Å². The Morgan fingerprint density at radius 1 is 1.24 bits per heavy atom. The van der Waals surface area contributed by atoms with Crippen LogP contribution in [0.5, 0.6) is 0 Å². The Kier molecular flexibility index (Phi) is 3.48. The Balaban J connectivity index is 0.00000108. The summed E-state index contributed by atoms with van der Waals surface area (Å²) in [5, 5.41) is 0. The highest BCUT2D eigenvalue weighted by Gasteiger charge is 2.29. The van der Waals surface area contributed by atoms with Gasteiger partial charge in [0.2, 0.25) is 0 Å². The van der Waals surface area contributed by atoms with Gasteiger partial charge in [-0.05, 0) is 48.3 Å². The van der Waals surface area contributed by atoms with E-state index >= 15 is 0 Å². The third-order valence-corrected chi connectivity index (χ3v) is 3.96. The molecule has 0 aliphatic heterocycles. The standard InChI is InChI=1S/C15H19N.ClH/c1-16(2)14-8-4-7-13-10-11-5-3-6-12(9-11)15(13)14;/h3-5,7-8,11-12H,6,9-10H2,1-2H3;1H. The lowest BCUT2D eigenvalue weighted by Crippen LogP contribution is -2.23. The van der Waals surface area contributed by atoms with Crippen molar-refractivity contribution in [3.63, 3.8) is 0 Å². The van der Waals surface area contributed by atoms with Crippen molar-refractivity contribution in [2.24, 2.45) is 5.92 Å². The van der Waals surface area contributed by atoms with E-state index in [4.69, 9.17) is 0 Å². The zero-order valence-electron chi connectivity index (χ0n) is 10.5. The van der Waals surface area contributed by atoms with Crippen LogP contribution in [0, 0.1) is 5.92 Å². The van der Waals surface area contributed by atoms with E-state index < -0.39 is 0 Å². The molecule has 17 heavy (non-hydrogen) atoms. The summed E-state index contributed by atoms with van der Waals surface area (Å²) in [5.74, 6) is 1.56. The van der Waals surface area contributed by atoms with Crippen LogP contribution in [0.1, 0.15) is 29.9 Å². The third-order valence-electron chi connectivity index (χ3n) is 3.96. The molecule has 1 aromatic rings. The first-order valence-corrected chi connectivity index (χ1v) is 6.21. The molecule has 0 fully saturated rings. The van der Waals surface area contributed by atoms with Gasteiger partial charge in [0.1, 0.15) is 0 Å². The summed E-state index contributed by atoms with van der Waals surface area (Å²) in [6, 6.07) is 6.79. The molecule has 0 radical (unpaired) electrons. The third kappa shape index (κ3) is 2.09. The molecule has 2 aliphatic rings. The topological polar surface area (TPSA) is 3.24 Å². The van der Waals surface area contributed by atoms with Crippen LogP contribution < -0.4 is 4.90 Å². The summed E-state index contributed by atoms with van der Waals surface area (Å²) in [7, 11) is 4.31. The molecule has 2 heteroatoms. The SMILES string of the molecule is CN(C)c1cccc2c1C1CC=CC(C2)C1.Cl. The van der Waals surface area contributed by atoms with E-state index in [-0.39, 0.29) is 12.4 Å². The lowest BCUT2D eigenvalue weighted by Gasteiger charge is -2.35. The van der Waals surface area contributed by atoms with Crippen molar-refractivity contribution in [3.8, 4) is 0 Å². The van der Waals surface area contributed by atoms with E-state index in [0.717, 1.165) is 11.8 Å². The molecule has 3 rings (SSSR count). The molecular weight excluding hydrogens is 230 g/mol. The van der Waals surface area contributed by atoms with Crippen LogP contribution in [0.2, 0.25) is 0 Å². The molecule has 2 unspecified atom stereocenters. The van der Waals surface area contributed by atoms with Crippen molar-refractivity contribution in [1.82, 2.24) is 0 Å². The first kappa shape index (κ1) is 12.5. The summed E-state index contributed by atoms with van der Waals surface area (Å²) < 4.78 is 0. The molecule has 0 heterocycles. The molecule has 2 aliphatic carbocycles. The Bertz CT molecular complexity index is 437. The van der Waals surface area contributed by atoms with Gasteiger partial charge < -0.3 is 4.90 Å². The molecule has 2 bridgehead atoms. The summed E-state index contributed by atoms with van der Waals surface area (Å²) in [6.07, 6.45) is 8.63. The maximum atomic E-state index is 2.42. The Labute approximate surface area is 110 Å². The van der Waals surface area contributed by atoms with Crippen LogP contribution in [-0.4, -0.2) is 14.1 Å².